The molecule has 0 spiro atoms. The molecule has 0 aromatic rings. The summed E-state index contributed by atoms with van der Waals surface area (Å²) in [6, 6.07) is 0. The smallest absolute Gasteiger partial charge is 0.189 e. The molecule has 0 rings (SSSR count). The average Bonchev–Trinajstić information content (AvgIpc) is 2.29. The van der Waals surface area contributed by atoms with E-state index in [0.717, 1.165) is 0 Å². The molecule has 0 radical (unpaired) electrons. The van der Waals surface area contributed by atoms with Crippen LogP contribution < -0.4 is 0 Å². The lowest BCUT2D eigenvalue weighted by Gasteiger charge is -2.28. The van der Waals surface area contributed by atoms with Crippen molar-refractivity contribution in [2.45, 2.75) is 18.3 Å². The molecule has 0 aromatic carbocycles. The second kappa shape index (κ2) is 8.60. The summed E-state index contributed by atoms with van der Waals surface area (Å²) in [6.45, 7) is -0.324. The van der Waals surface area contributed by atoms with Gasteiger partial charge in [-0.15, -0.1) is 0 Å². The van der Waals surface area contributed by atoms with Gasteiger partial charge in [0.05, 0.1) is 6.61 Å². The van der Waals surface area contributed by atoms with Gasteiger partial charge in [0, 0.05) is 28.4 Å². The first kappa shape index (κ1) is 15.5. The normalized spacial score (nSPS) is 16.8. The summed E-state index contributed by atoms with van der Waals surface area (Å²) in [5.41, 5.74) is 0. The molecule has 1 N–H and O–H groups in total. The molecule has 0 bridgehead atoms. The molecule has 0 heterocycles. The quantitative estimate of drug-likeness (QED) is 0.567. The van der Waals surface area contributed by atoms with E-state index < -0.39 is 18.3 Å². The SMILES string of the molecule is COCC(=O)[C@@H](OC)[C@H](OC)[C@@H](CO)OC. The number of carbonyl (C=O) groups excluding carboxylic acids is 1. The Morgan fingerprint density at radius 1 is 1.12 bits per heavy atom. The van der Waals surface area contributed by atoms with Crippen molar-refractivity contribution in [2.75, 3.05) is 41.7 Å². The Morgan fingerprint density at radius 3 is 2.06 bits per heavy atom. The first-order valence-corrected chi connectivity index (χ1v) is 4.87. The highest BCUT2D eigenvalue weighted by Crippen LogP contribution is 2.11. The number of ether oxygens (including phenoxy) is 4. The molecule has 0 amide bonds. The number of aliphatic hydroxyl groups excluding tert-OH is 1. The molecule has 0 aliphatic carbocycles. The molecule has 0 fully saturated rings. The van der Waals surface area contributed by atoms with Crippen LogP contribution in [0.5, 0.6) is 0 Å². The van der Waals surface area contributed by atoms with Crippen LogP contribution in [0.2, 0.25) is 0 Å². The van der Waals surface area contributed by atoms with E-state index in [4.69, 9.17) is 24.1 Å². The number of ketones is 1. The summed E-state index contributed by atoms with van der Waals surface area (Å²) in [5, 5.41) is 9.08. The van der Waals surface area contributed by atoms with E-state index in [1.54, 1.807) is 0 Å². The minimum atomic E-state index is -0.818. The van der Waals surface area contributed by atoms with Gasteiger partial charge in [-0.05, 0) is 0 Å². The number of methoxy groups -OCH3 is 4. The molecule has 0 aliphatic rings. The zero-order valence-electron chi connectivity index (χ0n) is 10.1. The predicted octanol–water partition coefficient (Wildman–Crippen LogP) is -0.761. The molecular formula is C10H20O6. The van der Waals surface area contributed by atoms with Crippen LogP contribution in [-0.4, -0.2) is 70.9 Å². The monoisotopic (exact) mass is 236 g/mol. The zero-order valence-corrected chi connectivity index (χ0v) is 10.1. The molecule has 3 atom stereocenters. The summed E-state index contributed by atoms with van der Waals surface area (Å²) in [4.78, 5) is 11.6. The number of aliphatic hydroxyl groups is 1. The molecule has 0 saturated carbocycles. The van der Waals surface area contributed by atoms with Gasteiger partial charge in [-0.3, -0.25) is 4.79 Å². The largest absolute Gasteiger partial charge is 0.394 e. The Labute approximate surface area is 95.4 Å². The van der Waals surface area contributed by atoms with Crippen LogP contribution in [0.1, 0.15) is 0 Å². The van der Waals surface area contributed by atoms with Crippen molar-refractivity contribution in [3.05, 3.63) is 0 Å². The maximum Gasteiger partial charge on any atom is 0.189 e. The fraction of sp³-hybridized carbons (Fsp3) is 0.900. The van der Waals surface area contributed by atoms with E-state index in [9.17, 15) is 4.79 Å². The van der Waals surface area contributed by atoms with Crippen LogP contribution in [0.15, 0.2) is 0 Å². The third kappa shape index (κ3) is 4.15. The van der Waals surface area contributed by atoms with E-state index in [0.29, 0.717) is 0 Å². The van der Waals surface area contributed by atoms with Crippen molar-refractivity contribution >= 4 is 5.78 Å². The van der Waals surface area contributed by atoms with Crippen molar-refractivity contribution in [3.63, 3.8) is 0 Å². The number of hydrogen-bond donors (Lipinski definition) is 1. The predicted molar refractivity (Wildman–Crippen MR) is 56.4 cm³/mol. The lowest BCUT2D eigenvalue weighted by Crippen LogP contribution is -2.48. The summed E-state index contributed by atoms with van der Waals surface area (Å²) in [6.07, 6.45) is -2.10. The Balaban J connectivity index is 4.66. The molecule has 0 aliphatic heterocycles. The van der Waals surface area contributed by atoms with Crippen molar-refractivity contribution in [1.82, 2.24) is 0 Å². The van der Waals surface area contributed by atoms with Gasteiger partial charge >= 0.3 is 0 Å². The van der Waals surface area contributed by atoms with Crippen LogP contribution in [0.25, 0.3) is 0 Å². The molecule has 16 heavy (non-hydrogen) atoms. The lowest BCUT2D eigenvalue weighted by atomic mass is 10.0. The zero-order chi connectivity index (χ0) is 12.6. The minimum absolute atomic E-state index is 0.0692. The lowest BCUT2D eigenvalue weighted by molar-refractivity contribution is -0.154. The maximum absolute atomic E-state index is 11.6. The summed E-state index contributed by atoms with van der Waals surface area (Å²) in [7, 11) is 5.68. The molecule has 0 saturated heterocycles. The second-order valence-electron chi connectivity index (χ2n) is 3.21. The summed E-state index contributed by atoms with van der Waals surface area (Å²) in [5.74, 6) is -0.257. The molecular weight excluding hydrogens is 216 g/mol. The number of Topliss-reactive ketones (excluding diaryl/α,β-unsaturated/α-hetero) is 1. The van der Waals surface area contributed by atoms with E-state index in [-0.39, 0.29) is 19.0 Å². The topological polar surface area (TPSA) is 74.2 Å². The molecule has 0 unspecified atom stereocenters. The van der Waals surface area contributed by atoms with Crippen LogP contribution >= 0.6 is 0 Å². The van der Waals surface area contributed by atoms with E-state index >= 15 is 0 Å². The third-order valence-corrected chi connectivity index (χ3v) is 2.28. The van der Waals surface area contributed by atoms with Crippen molar-refractivity contribution in [1.29, 1.82) is 0 Å². The second-order valence-corrected chi connectivity index (χ2v) is 3.21. The molecule has 96 valence electrons. The fourth-order valence-electron chi connectivity index (χ4n) is 1.46. The van der Waals surface area contributed by atoms with Gasteiger partial charge in [-0.25, -0.2) is 0 Å². The van der Waals surface area contributed by atoms with Crippen molar-refractivity contribution < 1.29 is 28.8 Å². The number of rotatable bonds is 9. The van der Waals surface area contributed by atoms with Crippen LogP contribution in [0, 0.1) is 0 Å². The van der Waals surface area contributed by atoms with Gasteiger partial charge in [0.1, 0.15) is 24.9 Å². The first-order chi connectivity index (χ1) is 7.65. The van der Waals surface area contributed by atoms with Gasteiger partial charge < -0.3 is 24.1 Å². The number of hydrogen-bond acceptors (Lipinski definition) is 6. The molecule has 6 heteroatoms. The third-order valence-electron chi connectivity index (χ3n) is 2.28. The van der Waals surface area contributed by atoms with Crippen molar-refractivity contribution in [3.8, 4) is 0 Å². The highest BCUT2D eigenvalue weighted by atomic mass is 16.6. The van der Waals surface area contributed by atoms with E-state index in [1.807, 2.05) is 0 Å². The van der Waals surface area contributed by atoms with Gasteiger partial charge in [0.2, 0.25) is 0 Å². The van der Waals surface area contributed by atoms with Crippen molar-refractivity contribution in [2.24, 2.45) is 0 Å². The molecule has 6 nitrogen and oxygen atoms in total. The van der Waals surface area contributed by atoms with E-state index in [1.165, 1.54) is 28.4 Å². The highest BCUT2D eigenvalue weighted by molar-refractivity contribution is 5.85. The van der Waals surface area contributed by atoms with E-state index in [2.05, 4.69) is 0 Å². The van der Waals surface area contributed by atoms with Gasteiger partial charge in [-0.1, -0.05) is 0 Å². The average molecular weight is 236 g/mol. The molecule has 0 aromatic heterocycles. The Kier molecular flexibility index (Phi) is 8.32. The van der Waals surface area contributed by atoms with Crippen LogP contribution in [0.4, 0.5) is 0 Å². The van der Waals surface area contributed by atoms with Gasteiger partial charge in [0.15, 0.2) is 5.78 Å². The first-order valence-electron chi connectivity index (χ1n) is 4.87. The van der Waals surface area contributed by atoms with Gasteiger partial charge in [0.25, 0.3) is 0 Å². The minimum Gasteiger partial charge on any atom is -0.394 e. The maximum atomic E-state index is 11.6. The summed E-state index contributed by atoms with van der Waals surface area (Å²) < 4.78 is 19.9. The standard InChI is InChI=1S/C10H20O6/c1-13-6-7(12)9(15-3)10(16-4)8(5-11)14-2/h8-11H,5-6H2,1-4H3/t8-,9-,10-/m1/s1. The Bertz CT molecular complexity index is 192. The van der Waals surface area contributed by atoms with Crippen LogP contribution in [-0.2, 0) is 23.7 Å². The van der Waals surface area contributed by atoms with Crippen LogP contribution in [0.3, 0.4) is 0 Å². The fourth-order valence-corrected chi connectivity index (χ4v) is 1.46. The number of carbonyl (C=O) groups is 1. The van der Waals surface area contributed by atoms with Gasteiger partial charge in [-0.2, -0.15) is 0 Å². The Morgan fingerprint density at radius 2 is 1.75 bits per heavy atom. The summed E-state index contributed by atoms with van der Waals surface area (Å²) >= 11 is 0. The Hall–Kier alpha value is -0.530. The highest BCUT2D eigenvalue weighted by Gasteiger charge is 2.34.